The third kappa shape index (κ3) is 3.25. The number of nitrogens with zero attached hydrogens (tertiary/aromatic N) is 2. The van der Waals surface area contributed by atoms with Gasteiger partial charge >= 0.3 is 0 Å². The van der Waals surface area contributed by atoms with Gasteiger partial charge in [-0.2, -0.15) is 5.10 Å². The zero-order valence-electron chi connectivity index (χ0n) is 12.5. The largest absolute Gasteiger partial charge is 0.493 e. The van der Waals surface area contributed by atoms with Crippen molar-refractivity contribution in [2.75, 3.05) is 14.2 Å². The van der Waals surface area contributed by atoms with Gasteiger partial charge < -0.3 is 10.1 Å². The summed E-state index contributed by atoms with van der Waals surface area (Å²) in [5.41, 5.74) is 1.16. The van der Waals surface area contributed by atoms with Gasteiger partial charge in [-0.1, -0.05) is 20.3 Å². The lowest BCUT2D eigenvalue weighted by Crippen LogP contribution is -2.23. The second-order valence-corrected chi connectivity index (χ2v) is 5.23. The molecule has 18 heavy (non-hydrogen) atoms. The highest BCUT2D eigenvalue weighted by Gasteiger charge is 2.23. The molecule has 0 amide bonds. The van der Waals surface area contributed by atoms with Gasteiger partial charge in [-0.05, 0) is 33.2 Å². The number of hydrogen-bond donors (Lipinski definition) is 1. The average Bonchev–Trinajstić information content (AvgIpc) is 2.79. The molecule has 4 heteroatoms. The second-order valence-electron chi connectivity index (χ2n) is 5.23. The third-order valence-corrected chi connectivity index (χ3v) is 3.52. The number of ether oxygens (including phenoxy) is 1. The smallest absolute Gasteiger partial charge is 0.161 e. The predicted molar refractivity (Wildman–Crippen MR) is 75.0 cm³/mol. The molecule has 0 saturated carbocycles. The lowest BCUT2D eigenvalue weighted by Gasteiger charge is -2.23. The normalized spacial score (nSPS) is 14.8. The lowest BCUT2D eigenvalue weighted by molar-refractivity contribution is 0.358. The first kappa shape index (κ1) is 15.0. The fraction of sp³-hybridized carbons (Fsp3) is 0.786. The minimum atomic E-state index is 0.291. The Balaban J connectivity index is 3.05. The molecule has 0 bridgehead atoms. The van der Waals surface area contributed by atoms with E-state index in [0.29, 0.717) is 18.0 Å². The first-order valence-electron chi connectivity index (χ1n) is 6.83. The predicted octanol–water partition coefficient (Wildman–Crippen LogP) is 3.17. The molecule has 104 valence electrons. The Hall–Kier alpha value is -1.03. The minimum Gasteiger partial charge on any atom is -0.493 e. The standard InChI is InChI=1S/C14H27N3O/c1-7-11(4)8-12(15-5)14-13(18-6)9-16-17(14)10(2)3/h9-12,15H,7-8H2,1-6H3. The molecule has 0 aromatic carbocycles. The molecule has 0 aliphatic rings. The molecule has 1 rings (SSSR count). The van der Waals surface area contributed by atoms with Crippen LogP contribution in [0.25, 0.3) is 0 Å². The van der Waals surface area contributed by atoms with Gasteiger partial charge in [0, 0.05) is 6.04 Å². The number of aromatic nitrogens is 2. The molecular formula is C14H27N3O. The number of rotatable bonds is 7. The summed E-state index contributed by atoms with van der Waals surface area (Å²) in [6.07, 6.45) is 4.11. The zero-order chi connectivity index (χ0) is 13.7. The van der Waals surface area contributed by atoms with E-state index in [0.717, 1.165) is 17.9 Å². The molecule has 1 N–H and O–H groups in total. The quantitative estimate of drug-likeness (QED) is 0.811. The van der Waals surface area contributed by atoms with E-state index in [9.17, 15) is 0 Å². The molecule has 0 fully saturated rings. The van der Waals surface area contributed by atoms with E-state index in [4.69, 9.17) is 4.74 Å². The SMILES string of the molecule is CCC(C)CC(NC)c1c(OC)cnn1C(C)C. The molecule has 1 aromatic rings. The lowest BCUT2D eigenvalue weighted by atomic mass is 9.97. The molecule has 0 radical (unpaired) electrons. The van der Waals surface area contributed by atoms with E-state index in [1.165, 1.54) is 6.42 Å². The van der Waals surface area contributed by atoms with Crippen molar-refractivity contribution in [2.24, 2.45) is 5.92 Å². The van der Waals surface area contributed by atoms with Crippen LogP contribution in [0, 0.1) is 5.92 Å². The number of hydrogen-bond acceptors (Lipinski definition) is 3. The van der Waals surface area contributed by atoms with E-state index in [1.54, 1.807) is 7.11 Å². The number of nitrogens with one attached hydrogen (secondary N) is 1. The Morgan fingerprint density at radius 3 is 2.50 bits per heavy atom. The molecule has 4 nitrogen and oxygen atoms in total. The van der Waals surface area contributed by atoms with Gasteiger partial charge in [0.2, 0.25) is 0 Å². The first-order chi connectivity index (χ1) is 8.54. The number of methoxy groups -OCH3 is 1. The van der Waals surface area contributed by atoms with Crippen LogP contribution < -0.4 is 10.1 Å². The molecule has 0 spiro atoms. The summed E-state index contributed by atoms with van der Waals surface area (Å²) < 4.78 is 7.51. The minimum absolute atomic E-state index is 0.291. The van der Waals surface area contributed by atoms with Crippen LogP contribution in [0.3, 0.4) is 0 Å². The van der Waals surface area contributed by atoms with Crippen molar-refractivity contribution < 1.29 is 4.74 Å². The molecular weight excluding hydrogens is 226 g/mol. The fourth-order valence-electron chi connectivity index (χ4n) is 2.19. The van der Waals surface area contributed by atoms with E-state index in [2.05, 4.69) is 42.8 Å². The van der Waals surface area contributed by atoms with E-state index >= 15 is 0 Å². The summed E-state index contributed by atoms with van der Waals surface area (Å²) in [6, 6.07) is 0.636. The maximum absolute atomic E-state index is 5.45. The maximum atomic E-state index is 5.45. The van der Waals surface area contributed by atoms with Crippen molar-refractivity contribution in [1.82, 2.24) is 15.1 Å². The van der Waals surface area contributed by atoms with E-state index in [-0.39, 0.29) is 0 Å². The van der Waals surface area contributed by atoms with Crippen molar-refractivity contribution in [3.05, 3.63) is 11.9 Å². The van der Waals surface area contributed by atoms with Crippen LogP contribution in [-0.2, 0) is 0 Å². The Bertz CT molecular complexity index is 360. The van der Waals surface area contributed by atoms with Gasteiger partial charge in [0.15, 0.2) is 5.75 Å². The van der Waals surface area contributed by atoms with Crippen LogP contribution in [0.15, 0.2) is 6.20 Å². The van der Waals surface area contributed by atoms with Gasteiger partial charge in [0.25, 0.3) is 0 Å². The maximum Gasteiger partial charge on any atom is 0.161 e. The van der Waals surface area contributed by atoms with Gasteiger partial charge in [0.05, 0.1) is 25.0 Å². The zero-order valence-corrected chi connectivity index (χ0v) is 12.5. The highest BCUT2D eigenvalue weighted by molar-refractivity contribution is 5.28. The molecule has 0 saturated heterocycles. The molecule has 0 aliphatic heterocycles. The van der Waals surface area contributed by atoms with Gasteiger partial charge in [-0.25, -0.2) is 0 Å². The molecule has 1 aromatic heterocycles. The van der Waals surface area contributed by atoms with Crippen molar-refractivity contribution >= 4 is 0 Å². The van der Waals surface area contributed by atoms with Crippen molar-refractivity contribution in [3.8, 4) is 5.75 Å². The van der Waals surface area contributed by atoms with Crippen LogP contribution in [0.5, 0.6) is 5.75 Å². The van der Waals surface area contributed by atoms with Crippen molar-refractivity contribution in [3.63, 3.8) is 0 Å². The van der Waals surface area contributed by atoms with Crippen LogP contribution in [0.1, 0.15) is 58.3 Å². The summed E-state index contributed by atoms with van der Waals surface area (Å²) in [5.74, 6) is 1.56. The van der Waals surface area contributed by atoms with Crippen molar-refractivity contribution in [2.45, 2.75) is 52.6 Å². The monoisotopic (exact) mass is 253 g/mol. The molecule has 1 heterocycles. The van der Waals surface area contributed by atoms with Crippen LogP contribution in [0.2, 0.25) is 0 Å². The Labute approximate surface area is 111 Å². The summed E-state index contributed by atoms with van der Waals surface area (Å²) >= 11 is 0. The third-order valence-electron chi connectivity index (χ3n) is 3.52. The second kappa shape index (κ2) is 6.78. The topological polar surface area (TPSA) is 39.1 Å². The fourth-order valence-corrected chi connectivity index (χ4v) is 2.19. The van der Waals surface area contributed by atoms with E-state index < -0.39 is 0 Å². The summed E-state index contributed by atoms with van der Waals surface area (Å²) in [6.45, 7) is 8.80. The summed E-state index contributed by atoms with van der Waals surface area (Å²) in [4.78, 5) is 0. The first-order valence-corrected chi connectivity index (χ1v) is 6.83. The van der Waals surface area contributed by atoms with Crippen LogP contribution in [0.4, 0.5) is 0 Å². The van der Waals surface area contributed by atoms with Crippen LogP contribution >= 0.6 is 0 Å². The van der Waals surface area contributed by atoms with Crippen LogP contribution in [-0.4, -0.2) is 23.9 Å². The summed E-state index contributed by atoms with van der Waals surface area (Å²) in [5, 5.41) is 7.84. The van der Waals surface area contributed by atoms with Crippen molar-refractivity contribution in [1.29, 1.82) is 0 Å². The van der Waals surface area contributed by atoms with Gasteiger partial charge in [0.1, 0.15) is 0 Å². The Morgan fingerprint density at radius 1 is 1.39 bits per heavy atom. The molecule has 2 unspecified atom stereocenters. The average molecular weight is 253 g/mol. The highest BCUT2D eigenvalue weighted by Crippen LogP contribution is 2.31. The Morgan fingerprint density at radius 2 is 2.06 bits per heavy atom. The molecule has 2 atom stereocenters. The van der Waals surface area contributed by atoms with E-state index in [1.807, 2.05) is 13.2 Å². The highest BCUT2D eigenvalue weighted by atomic mass is 16.5. The molecule has 0 aliphatic carbocycles. The Kier molecular flexibility index (Phi) is 5.66. The van der Waals surface area contributed by atoms with Gasteiger partial charge in [-0.3, -0.25) is 4.68 Å². The summed E-state index contributed by atoms with van der Waals surface area (Å²) in [7, 11) is 3.71. The van der Waals surface area contributed by atoms with Gasteiger partial charge in [-0.15, -0.1) is 0 Å².